The van der Waals surface area contributed by atoms with Gasteiger partial charge in [0.1, 0.15) is 5.75 Å². The van der Waals surface area contributed by atoms with Crippen molar-refractivity contribution >= 4 is 16.8 Å². The van der Waals surface area contributed by atoms with Gasteiger partial charge in [-0.25, -0.2) is 4.99 Å². The fraction of sp³-hybridized carbons (Fsp3) is 0.533. The fourth-order valence-corrected chi connectivity index (χ4v) is 2.51. The van der Waals surface area contributed by atoms with Gasteiger partial charge in [-0.3, -0.25) is 4.21 Å². The Balaban J connectivity index is 2.43. The molecule has 0 saturated carbocycles. The summed E-state index contributed by atoms with van der Waals surface area (Å²) in [5, 5.41) is 2.86. The summed E-state index contributed by atoms with van der Waals surface area (Å²) in [7, 11) is -0.984. The molecule has 0 spiro atoms. The second-order valence-corrected chi connectivity index (χ2v) is 8.31. The molecule has 0 heterocycles. The van der Waals surface area contributed by atoms with Crippen molar-refractivity contribution in [2.24, 2.45) is 10.7 Å². The summed E-state index contributed by atoms with van der Waals surface area (Å²) < 4.78 is 51.5. The van der Waals surface area contributed by atoms with Gasteiger partial charge >= 0.3 is 6.36 Å². The van der Waals surface area contributed by atoms with Crippen LogP contribution in [0.4, 0.5) is 13.2 Å². The van der Waals surface area contributed by atoms with E-state index in [9.17, 15) is 17.4 Å². The monoisotopic (exact) mass is 365 g/mol. The maximum absolute atomic E-state index is 12.1. The summed E-state index contributed by atoms with van der Waals surface area (Å²) in [5.41, 5.74) is 6.38. The molecule has 0 aliphatic heterocycles. The number of hydrogen-bond donors (Lipinski definition) is 2. The van der Waals surface area contributed by atoms with Crippen LogP contribution in [0.1, 0.15) is 26.3 Å². The Hall–Kier alpha value is -1.77. The van der Waals surface area contributed by atoms with Crippen LogP contribution in [-0.4, -0.2) is 33.6 Å². The summed E-state index contributed by atoms with van der Waals surface area (Å²) in [6.45, 7) is 6.33. The Morgan fingerprint density at radius 3 is 2.33 bits per heavy atom. The van der Waals surface area contributed by atoms with Gasteiger partial charge in [-0.1, -0.05) is 12.1 Å². The molecule has 24 heavy (non-hydrogen) atoms. The minimum Gasteiger partial charge on any atom is -0.406 e. The molecule has 1 aromatic rings. The minimum atomic E-state index is -4.71. The van der Waals surface area contributed by atoms with Gasteiger partial charge in [0.2, 0.25) is 0 Å². The van der Waals surface area contributed by atoms with Crippen LogP contribution in [0.2, 0.25) is 0 Å². The molecule has 9 heteroatoms. The van der Waals surface area contributed by atoms with Gasteiger partial charge in [0.15, 0.2) is 5.96 Å². The molecule has 1 unspecified atom stereocenters. The third-order valence-electron chi connectivity index (χ3n) is 2.87. The van der Waals surface area contributed by atoms with Gasteiger partial charge in [-0.05, 0) is 38.5 Å². The lowest BCUT2D eigenvalue weighted by Gasteiger charge is -2.17. The zero-order valence-electron chi connectivity index (χ0n) is 13.8. The van der Waals surface area contributed by atoms with Gasteiger partial charge in [-0.2, -0.15) is 0 Å². The molecule has 0 saturated heterocycles. The Morgan fingerprint density at radius 2 is 1.83 bits per heavy atom. The van der Waals surface area contributed by atoms with E-state index in [2.05, 4.69) is 15.0 Å². The van der Waals surface area contributed by atoms with Crippen LogP contribution in [-0.2, 0) is 17.3 Å². The molecule has 3 N–H and O–H groups in total. The maximum atomic E-state index is 12.1. The van der Waals surface area contributed by atoms with E-state index in [-0.39, 0.29) is 23.0 Å². The average Bonchev–Trinajstić information content (AvgIpc) is 2.44. The second-order valence-electron chi connectivity index (χ2n) is 5.98. The van der Waals surface area contributed by atoms with Crippen LogP contribution in [0, 0.1) is 0 Å². The van der Waals surface area contributed by atoms with E-state index in [1.54, 1.807) is 0 Å². The highest BCUT2D eigenvalue weighted by Gasteiger charge is 2.30. The molecular weight excluding hydrogens is 343 g/mol. The number of halogens is 3. The summed E-state index contributed by atoms with van der Waals surface area (Å²) in [6.07, 6.45) is -4.71. The molecular formula is C15H22F3N3O2S. The zero-order chi connectivity index (χ0) is 18.4. The molecule has 136 valence electrons. The predicted molar refractivity (Wildman–Crippen MR) is 89.2 cm³/mol. The van der Waals surface area contributed by atoms with Crippen LogP contribution in [0.25, 0.3) is 0 Å². The van der Waals surface area contributed by atoms with Gasteiger partial charge in [0.25, 0.3) is 0 Å². The molecule has 1 rings (SSSR count). The SMILES string of the molecule is CC(C)(C)S(=O)CCNC(N)=NCc1ccc(OC(F)(F)F)cc1. The van der Waals surface area contributed by atoms with Crippen molar-refractivity contribution in [1.29, 1.82) is 0 Å². The summed E-state index contributed by atoms with van der Waals surface area (Å²) >= 11 is 0. The zero-order valence-corrected chi connectivity index (χ0v) is 14.6. The van der Waals surface area contributed by atoms with Crippen molar-refractivity contribution in [3.05, 3.63) is 29.8 Å². The number of alkyl halides is 3. The normalized spacial score (nSPS) is 14.3. The smallest absolute Gasteiger partial charge is 0.406 e. The fourth-order valence-electron chi connectivity index (χ4n) is 1.61. The van der Waals surface area contributed by atoms with Crippen molar-refractivity contribution in [2.45, 2.75) is 38.4 Å². The Kier molecular flexibility index (Phi) is 7.07. The molecule has 0 bridgehead atoms. The third-order valence-corrected chi connectivity index (χ3v) is 4.81. The number of nitrogens with one attached hydrogen (secondary N) is 1. The lowest BCUT2D eigenvalue weighted by Crippen LogP contribution is -2.36. The summed E-state index contributed by atoms with van der Waals surface area (Å²) in [6, 6.07) is 5.39. The van der Waals surface area contributed by atoms with Gasteiger partial charge < -0.3 is 15.8 Å². The number of hydrogen-bond acceptors (Lipinski definition) is 3. The third kappa shape index (κ3) is 8.19. The van der Waals surface area contributed by atoms with Gasteiger partial charge in [0.05, 0.1) is 6.54 Å². The quantitative estimate of drug-likeness (QED) is 0.600. The van der Waals surface area contributed by atoms with E-state index in [0.29, 0.717) is 17.9 Å². The first-order valence-electron chi connectivity index (χ1n) is 7.24. The van der Waals surface area contributed by atoms with E-state index in [1.165, 1.54) is 24.3 Å². The van der Waals surface area contributed by atoms with Gasteiger partial charge in [-0.15, -0.1) is 13.2 Å². The van der Waals surface area contributed by atoms with Crippen molar-refractivity contribution in [1.82, 2.24) is 5.32 Å². The first-order chi connectivity index (χ1) is 11.0. The van der Waals surface area contributed by atoms with E-state index >= 15 is 0 Å². The van der Waals surface area contributed by atoms with Crippen molar-refractivity contribution in [3.8, 4) is 5.75 Å². The Labute approximate surface area is 141 Å². The predicted octanol–water partition coefficient (Wildman–Crippen LogP) is 2.54. The molecule has 0 radical (unpaired) electrons. The van der Waals surface area contributed by atoms with Crippen molar-refractivity contribution < 1.29 is 22.1 Å². The largest absolute Gasteiger partial charge is 0.573 e. The van der Waals surface area contributed by atoms with Crippen LogP contribution < -0.4 is 15.8 Å². The highest BCUT2D eigenvalue weighted by atomic mass is 32.2. The van der Waals surface area contributed by atoms with E-state index in [0.717, 1.165) is 0 Å². The number of benzene rings is 1. The summed E-state index contributed by atoms with van der Waals surface area (Å²) in [5.74, 6) is 0.353. The minimum absolute atomic E-state index is 0.191. The second kappa shape index (κ2) is 8.36. The van der Waals surface area contributed by atoms with Crippen molar-refractivity contribution in [3.63, 3.8) is 0 Å². The van der Waals surface area contributed by atoms with Crippen LogP contribution in [0.5, 0.6) is 5.75 Å². The highest BCUT2D eigenvalue weighted by Crippen LogP contribution is 2.22. The van der Waals surface area contributed by atoms with E-state index in [4.69, 9.17) is 5.73 Å². The van der Waals surface area contributed by atoms with Crippen LogP contribution in [0.15, 0.2) is 29.3 Å². The highest BCUT2D eigenvalue weighted by molar-refractivity contribution is 7.86. The molecule has 0 aliphatic rings. The summed E-state index contributed by atoms with van der Waals surface area (Å²) in [4.78, 5) is 4.08. The molecule has 0 aromatic heterocycles. The molecule has 1 aromatic carbocycles. The van der Waals surface area contributed by atoms with Crippen molar-refractivity contribution in [2.75, 3.05) is 12.3 Å². The molecule has 1 atom stereocenters. The molecule has 0 fully saturated rings. The molecule has 0 amide bonds. The van der Waals surface area contributed by atoms with Gasteiger partial charge in [0, 0.05) is 27.8 Å². The Bertz CT molecular complexity index is 581. The Morgan fingerprint density at radius 1 is 1.25 bits per heavy atom. The number of aliphatic imine (C=N–C) groups is 1. The number of guanidine groups is 1. The first-order valence-corrected chi connectivity index (χ1v) is 8.56. The lowest BCUT2D eigenvalue weighted by atomic mass is 10.2. The first kappa shape index (κ1) is 20.3. The number of nitrogens with zero attached hydrogens (tertiary/aromatic N) is 1. The van der Waals surface area contributed by atoms with E-state index < -0.39 is 17.2 Å². The lowest BCUT2D eigenvalue weighted by molar-refractivity contribution is -0.274. The molecule has 0 aliphatic carbocycles. The van der Waals surface area contributed by atoms with E-state index in [1.807, 2.05) is 20.8 Å². The topological polar surface area (TPSA) is 76.7 Å². The molecule has 5 nitrogen and oxygen atoms in total. The maximum Gasteiger partial charge on any atom is 0.573 e. The number of rotatable bonds is 6. The number of nitrogens with two attached hydrogens (primary N) is 1. The average molecular weight is 365 g/mol. The number of ether oxygens (including phenoxy) is 1. The standard InChI is InChI=1S/C15H22F3N3O2S/c1-14(2,3)24(22)9-8-20-13(19)21-10-11-4-6-12(7-5-11)23-15(16,17)18/h4-7H,8-10H2,1-3H3,(H3,19,20,21). The van der Waals surface area contributed by atoms with Crippen LogP contribution in [0.3, 0.4) is 0 Å². The van der Waals surface area contributed by atoms with Crippen LogP contribution >= 0.6 is 0 Å².